The molecule has 1 rings (SSSR count). The summed E-state index contributed by atoms with van der Waals surface area (Å²) in [6.07, 6.45) is 4.35. The molecule has 1 N–H and O–H groups in total. The standard InChI is InChI=1S/C9H11BrClN3/c1-3-4-6(2)13-8-7(10)5-12-9(11)14-8/h3,5-6H,1,4H2,2H3,(H,12,13,14). The molecule has 0 radical (unpaired) electrons. The number of rotatable bonds is 4. The summed E-state index contributed by atoms with van der Waals surface area (Å²) >= 11 is 9.01. The van der Waals surface area contributed by atoms with Gasteiger partial charge in [-0.25, -0.2) is 4.98 Å². The van der Waals surface area contributed by atoms with Crippen LogP contribution in [-0.2, 0) is 0 Å². The number of hydrogen-bond acceptors (Lipinski definition) is 3. The molecular weight excluding hydrogens is 265 g/mol. The van der Waals surface area contributed by atoms with Crippen LogP contribution in [0.15, 0.2) is 23.3 Å². The lowest BCUT2D eigenvalue weighted by Crippen LogP contribution is -2.15. The molecule has 1 atom stereocenters. The first-order valence-electron chi connectivity index (χ1n) is 4.19. The van der Waals surface area contributed by atoms with E-state index < -0.39 is 0 Å². The van der Waals surface area contributed by atoms with E-state index in [-0.39, 0.29) is 11.3 Å². The summed E-state index contributed by atoms with van der Waals surface area (Å²) in [5, 5.41) is 3.44. The van der Waals surface area contributed by atoms with Gasteiger partial charge in [0.2, 0.25) is 5.28 Å². The Hall–Kier alpha value is -0.610. The third-order valence-electron chi connectivity index (χ3n) is 1.62. The molecule has 1 aromatic rings. The Morgan fingerprint density at radius 3 is 3.14 bits per heavy atom. The minimum atomic E-state index is 0.238. The molecule has 0 aliphatic rings. The van der Waals surface area contributed by atoms with Crippen LogP contribution in [0.25, 0.3) is 0 Å². The number of aromatic nitrogens is 2. The highest BCUT2D eigenvalue weighted by molar-refractivity contribution is 9.10. The molecule has 0 aromatic carbocycles. The predicted octanol–water partition coefficient (Wildman–Crippen LogP) is 3.27. The molecular formula is C9H11BrClN3. The Bertz CT molecular complexity index is 330. The van der Waals surface area contributed by atoms with Crippen molar-refractivity contribution in [1.82, 2.24) is 9.97 Å². The quantitative estimate of drug-likeness (QED) is 0.677. The van der Waals surface area contributed by atoms with E-state index >= 15 is 0 Å². The molecule has 1 aromatic heterocycles. The average Bonchev–Trinajstić information content (AvgIpc) is 2.12. The minimum absolute atomic E-state index is 0.238. The summed E-state index contributed by atoms with van der Waals surface area (Å²) in [5.74, 6) is 0.708. The lowest BCUT2D eigenvalue weighted by atomic mass is 10.2. The minimum Gasteiger partial charge on any atom is -0.366 e. The molecule has 0 saturated carbocycles. The van der Waals surface area contributed by atoms with Gasteiger partial charge in [0, 0.05) is 12.2 Å². The second-order valence-electron chi connectivity index (χ2n) is 2.91. The van der Waals surface area contributed by atoms with Gasteiger partial charge in [0.1, 0.15) is 5.82 Å². The van der Waals surface area contributed by atoms with E-state index in [1.54, 1.807) is 6.20 Å². The lowest BCUT2D eigenvalue weighted by Gasteiger charge is -2.13. The summed E-state index contributed by atoms with van der Waals surface area (Å²) < 4.78 is 0.804. The smallest absolute Gasteiger partial charge is 0.224 e. The van der Waals surface area contributed by atoms with Gasteiger partial charge in [-0.3, -0.25) is 0 Å². The van der Waals surface area contributed by atoms with Gasteiger partial charge >= 0.3 is 0 Å². The number of anilines is 1. The normalized spacial score (nSPS) is 12.2. The highest BCUT2D eigenvalue weighted by atomic mass is 79.9. The van der Waals surface area contributed by atoms with Crippen molar-refractivity contribution in [2.75, 3.05) is 5.32 Å². The van der Waals surface area contributed by atoms with E-state index in [0.29, 0.717) is 5.82 Å². The third kappa shape index (κ3) is 3.27. The Morgan fingerprint density at radius 1 is 1.79 bits per heavy atom. The fraction of sp³-hybridized carbons (Fsp3) is 0.333. The van der Waals surface area contributed by atoms with Gasteiger partial charge in [0.25, 0.3) is 0 Å². The van der Waals surface area contributed by atoms with Crippen LogP contribution in [0.3, 0.4) is 0 Å². The molecule has 0 saturated heterocycles. The van der Waals surface area contributed by atoms with Crippen LogP contribution in [0.2, 0.25) is 5.28 Å². The molecule has 3 nitrogen and oxygen atoms in total. The first-order chi connectivity index (χ1) is 6.63. The van der Waals surface area contributed by atoms with Crippen LogP contribution in [0.1, 0.15) is 13.3 Å². The van der Waals surface area contributed by atoms with Gasteiger partial charge < -0.3 is 5.32 Å². The molecule has 76 valence electrons. The van der Waals surface area contributed by atoms with Crippen LogP contribution in [0.4, 0.5) is 5.82 Å². The summed E-state index contributed by atoms with van der Waals surface area (Å²) in [4.78, 5) is 7.90. The van der Waals surface area contributed by atoms with Gasteiger partial charge in [-0.2, -0.15) is 4.98 Å². The monoisotopic (exact) mass is 275 g/mol. The molecule has 0 bridgehead atoms. The van der Waals surface area contributed by atoms with Gasteiger partial charge in [0.05, 0.1) is 4.47 Å². The fourth-order valence-corrected chi connectivity index (χ4v) is 1.43. The SMILES string of the molecule is C=CCC(C)Nc1nc(Cl)ncc1Br. The van der Waals surface area contributed by atoms with Gasteiger partial charge in [-0.05, 0) is 40.9 Å². The number of nitrogens with zero attached hydrogens (tertiary/aromatic N) is 2. The van der Waals surface area contributed by atoms with Crippen molar-refractivity contribution in [1.29, 1.82) is 0 Å². The van der Waals surface area contributed by atoms with Crippen LogP contribution in [0, 0.1) is 0 Å². The largest absolute Gasteiger partial charge is 0.366 e. The van der Waals surface area contributed by atoms with Crippen molar-refractivity contribution in [2.45, 2.75) is 19.4 Å². The summed E-state index contributed by atoms with van der Waals surface area (Å²) in [6.45, 7) is 5.72. The maximum Gasteiger partial charge on any atom is 0.224 e. The molecule has 0 aliphatic heterocycles. The maximum atomic E-state index is 5.67. The Kier molecular flexibility index (Phi) is 4.35. The Balaban J connectivity index is 2.74. The van der Waals surface area contributed by atoms with Crippen molar-refractivity contribution < 1.29 is 0 Å². The first kappa shape index (κ1) is 11.5. The van der Waals surface area contributed by atoms with Gasteiger partial charge in [0.15, 0.2) is 0 Å². The lowest BCUT2D eigenvalue weighted by molar-refractivity contribution is 0.805. The molecule has 0 aliphatic carbocycles. The number of nitrogens with one attached hydrogen (secondary N) is 1. The van der Waals surface area contributed by atoms with Crippen molar-refractivity contribution in [2.24, 2.45) is 0 Å². The molecule has 5 heteroatoms. The van der Waals surface area contributed by atoms with Crippen molar-refractivity contribution in [3.63, 3.8) is 0 Å². The summed E-state index contributed by atoms with van der Waals surface area (Å²) in [6, 6.07) is 0.273. The fourth-order valence-electron chi connectivity index (χ4n) is 0.989. The second-order valence-corrected chi connectivity index (χ2v) is 4.10. The highest BCUT2D eigenvalue weighted by Crippen LogP contribution is 2.21. The zero-order valence-corrected chi connectivity index (χ0v) is 10.1. The van der Waals surface area contributed by atoms with Crippen molar-refractivity contribution >= 4 is 33.3 Å². The molecule has 0 spiro atoms. The maximum absolute atomic E-state index is 5.67. The van der Waals surface area contributed by atoms with Crippen molar-refractivity contribution in [3.05, 3.63) is 28.6 Å². The topological polar surface area (TPSA) is 37.8 Å². The van der Waals surface area contributed by atoms with Gasteiger partial charge in [-0.1, -0.05) is 6.08 Å². The van der Waals surface area contributed by atoms with Crippen molar-refractivity contribution in [3.8, 4) is 0 Å². The van der Waals surface area contributed by atoms with E-state index in [0.717, 1.165) is 10.9 Å². The van der Waals surface area contributed by atoms with E-state index in [4.69, 9.17) is 11.6 Å². The number of halogens is 2. The van der Waals surface area contributed by atoms with Gasteiger partial charge in [-0.15, -0.1) is 6.58 Å². The molecule has 1 unspecified atom stereocenters. The molecule has 1 heterocycles. The molecule has 0 fully saturated rings. The molecule has 0 amide bonds. The predicted molar refractivity (Wildman–Crippen MR) is 62.6 cm³/mol. The summed E-state index contributed by atoms with van der Waals surface area (Å²) in [5.41, 5.74) is 0. The third-order valence-corrected chi connectivity index (χ3v) is 2.38. The van der Waals surface area contributed by atoms with E-state index in [2.05, 4.69) is 37.8 Å². The Labute approximate surface area is 96.7 Å². The number of hydrogen-bond donors (Lipinski definition) is 1. The van der Waals surface area contributed by atoms with Crippen LogP contribution in [-0.4, -0.2) is 16.0 Å². The zero-order chi connectivity index (χ0) is 10.6. The van der Waals surface area contributed by atoms with E-state index in [9.17, 15) is 0 Å². The Morgan fingerprint density at radius 2 is 2.50 bits per heavy atom. The van der Waals surface area contributed by atoms with Crippen LogP contribution < -0.4 is 5.32 Å². The average molecular weight is 277 g/mol. The molecule has 14 heavy (non-hydrogen) atoms. The zero-order valence-electron chi connectivity index (χ0n) is 7.80. The van der Waals surface area contributed by atoms with Crippen LogP contribution >= 0.6 is 27.5 Å². The summed E-state index contributed by atoms with van der Waals surface area (Å²) in [7, 11) is 0. The van der Waals surface area contributed by atoms with E-state index in [1.165, 1.54) is 0 Å². The van der Waals surface area contributed by atoms with Crippen LogP contribution in [0.5, 0.6) is 0 Å². The first-order valence-corrected chi connectivity index (χ1v) is 5.36. The highest BCUT2D eigenvalue weighted by Gasteiger charge is 2.06. The second kappa shape index (κ2) is 5.32. The van der Waals surface area contributed by atoms with E-state index in [1.807, 2.05) is 13.0 Å².